The largest absolute Gasteiger partial charge is 0.508 e. The molecule has 4 heteroatoms. The van der Waals surface area contributed by atoms with E-state index in [0.717, 1.165) is 38.0 Å². The lowest BCUT2D eigenvalue weighted by atomic mass is 9.52. The molecule has 0 saturated heterocycles. The van der Waals surface area contributed by atoms with Crippen LogP contribution in [0.25, 0.3) is 0 Å². The summed E-state index contributed by atoms with van der Waals surface area (Å²) in [6, 6.07) is 14.5. The van der Waals surface area contributed by atoms with Gasteiger partial charge in [0.25, 0.3) is 0 Å². The van der Waals surface area contributed by atoms with Crippen LogP contribution in [0.5, 0.6) is 11.5 Å². The Morgan fingerprint density at radius 1 is 0.872 bits per heavy atom. The number of aliphatic hydroxyl groups is 1. The average Bonchev–Trinajstić information content (AvgIpc) is 3.24. The zero-order chi connectivity index (χ0) is 27.2. The molecule has 0 spiro atoms. The fourth-order valence-corrected chi connectivity index (χ4v) is 8.86. The van der Waals surface area contributed by atoms with Gasteiger partial charge in [-0.2, -0.15) is 0 Å². The van der Waals surface area contributed by atoms with Crippen LogP contribution < -0.4 is 4.74 Å². The lowest BCUT2D eigenvalue weighted by Gasteiger charge is -2.53. The molecule has 0 radical (unpaired) electrons. The number of aromatic hydroxyl groups is 1. The quantitative estimate of drug-likeness (QED) is 0.169. The van der Waals surface area contributed by atoms with Gasteiger partial charge in [-0.1, -0.05) is 64.4 Å². The first-order valence-electron chi connectivity index (χ1n) is 15.8. The second kappa shape index (κ2) is 13.6. The van der Waals surface area contributed by atoms with Crippen molar-refractivity contribution in [2.75, 3.05) is 6.61 Å². The number of hydrogen-bond acceptors (Lipinski definition) is 3. The number of aliphatic hydroxyl groups excluding tert-OH is 1. The molecule has 0 aromatic heterocycles. The third-order valence-electron chi connectivity index (χ3n) is 10.6. The van der Waals surface area contributed by atoms with Crippen molar-refractivity contribution in [1.29, 1.82) is 0 Å². The summed E-state index contributed by atoms with van der Waals surface area (Å²) >= 11 is 2.32. The Hall–Kier alpha value is -1.27. The van der Waals surface area contributed by atoms with Crippen LogP contribution in [0.3, 0.4) is 0 Å². The maximum Gasteiger partial charge on any atom is 0.119 e. The van der Waals surface area contributed by atoms with Crippen molar-refractivity contribution in [3.05, 3.63) is 57.2 Å². The Balaban J connectivity index is 1.01. The maximum atomic E-state index is 10.9. The second-order valence-electron chi connectivity index (χ2n) is 13.0. The topological polar surface area (TPSA) is 49.7 Å². The van der Waals surface area contributed by atoms with Gasteiger partial charge in [0, 0.05) is 3.57 Å². The molecular weight excluding hydrogens is 593 g/mol. The van der Waals surface area contributed by atoms with Gasteiger partial charge in [-0.05, 0) is 144 Å². The molecule has 2 aromatic carbocycles. The normalized spacial score (nSPS) is 29.5. The fraction of sp³-hybridized carbons (Fsp3) is 0.657. The highest BCUT2D eigenvalue weighted by molar-refractivity contribution is 14.1. The minimum absolute atomic E-state index is 0.111. The third-order valence-corrected chi connectivity index (χ3v) is 11.4. The number of hydrogen-bond donors (Lipinski definition) is 2. The molecule has 3 aliphatic rings. The number of ether oxygens (including phenoxy) is 1. The molecule has 2 aromatic rings. The molecule has 0 unspecified atom stereocenters. The van der Waals surface area contributed by atoms with Crippen molar-refractivity contribution in [2.45, 2.75) is 115 Å². The summed E-state index contributed by atoms with van der Waals surface area (Å²) in [6.45, 7) is 3.21. The zero-order valence-electron chi connectivity index (χ0n) is 23.9. The first kappa shape index (κ1) is 29.2. The Kier molecular flexibility index (Phi) is 10.2. The molecular formula is C35H49IO3. The van der Waals surface area contributed by atoms with Crippen LogP contribution in [0.1, 0.15) is 114 Å². The van der Waals surface area contributed by atoms with Gasteiger partial charge >= 0.3 is 0 Å². The van der Waals surface area contributed by atoms with E-state index < -0.39 is 0 Å². The monoisotopic (exact) mass is 642 g/mol. The fourth-order valence-electron chi connectivity index (χ4n) is 8.50. The molecule has 2 fully saturated rings. The first-order valence-corrected chi connectivity index (χ1v) is 16.9. The number of rotatable bonds is 13. The molecule has 0 bridgehead atoms. The Bertz CT molecular complexity index is 1050. The summed E-state index contributed by atoms with van der Waals surface area (Å²) in [7, 11) is 0. The smallest absolute Gasteiger partial charge is 0.119 e. The van der Waals surface area contributed by atoms with Crippen LogP contribution in [0.15, 0.2) is 42.5 Å². The van der Waals surface area contributed by atoms with Crippen molar-refractivity contribution in [1.82, 2.24) is 0 Å². The van der Waals surface area contributed by atoms with E-state index in [0.29, 0.717) is 29.4 Å². The Morgan fingerprint density at radius 2 is 1.56 bits per heavy atom. The molecule has 0 heterocycles. The summed E-state index contributed by atoms with van der Waals surface area (Å²) in [4.78, 5) is 0. The van der Waals surface area contributed by atoms with Crippen molar-refractivity contribution in [3.63, 3.8) is 0 Å². The van der Waals surface area contributed by atoms with E-state index in [-0.39, 0.29) is 11.5 Å². The second-order valence-corrected chi connectivity index (χ2v) is 14.3. The van der Waals surface area contributed by atoms with E-state index in [4.69, 9.17) is 4.74 Å². The van der Waals surface area contributed by atoms with Crippen LogP contribution >= 0.6 is 22.6 Å². The number of unbranched alkanes of at least 4 members (excludes halogenated alkanes) is 8. The van der Waals surface area contributed by atoms with Gasteiger partial charge in [-0.15, -0.1) is 0 Å². The summed E-state index contributed by atoms with van der Waals surface area (Å²) in [5, 5.41) is 21.1. The molecule has 3 aliphatic carbocycles. The van der Waals surface area contributed by atoms with E-state index in [2.05, 4.69) is 59.8 Å². The molecule has 0 aliphatic heterocycles. The van der Waals surface area contributed by atoms with E-state index >= 15 is 0 Å². The molecule has 3 nitrogen and oxygen atoms in total. The van der Waals surface area contributed by atoms with Gasteiger partial charge in [0.05, 0.1) is 12.7 Å². The summed E-state index contributed by atoms with van der Waals surface area (Å²) in [5.41, 5.74) is 3.01. The standard InChI is InChI=1S/C35H49IO3/c1-35-21-20-31-30-17-14-28(37)24-26(30)23-25(34(31)32(35)18-19-33(35)38)11-9-7-5-3-2-4-6-8-10-22-39-29-15-12-27(36)13-16-29/h12-17,24-25,31-34,37-38H,2-11,18-23H2,1H3/t25-,31-,32+,33+,34-,35+/m1/s1/i36-2. The molecule has 2 saturated carbocycles. The van der Waals surface area contributed by atoms with Gasteiger partial charge in [0.2, 0.25) is 0 Å². The third kappa shape index (κ3) is 6.97. The number of phenols is 1. The summed E-state index contributed by atoms with van der Waals surface area (Å²) in [5.74, 6) is 4.07. The van der Waals surface area contributed by atoms with E-state index in [9.17, 15) is 10.2 Å². The van der Waals surface area contributed by atoms with Gasteiger partial charge in [-0.3, -0.25) is 0 Å². The molecule has 5 rings (SSSR count). The van der Waals surface area contributed by atoms with Crippen molar-refractivity contribution in [3.8, 4) is 11.5 Å². The van der Waals surface area contributed by atoms with Crippen LogP contribution in [-0.2, 0) is 6.42 Å². The van der Waals surface area contributed by atoms with Crippen LogP contribution in [0.2, 0.25) is 0 Å². The predicted molar refractivity (Wildman–Crippen MR) is 168 cm³/mol. The van der Waals surface area contributed by atoms with Gasteiger partial charge in [0.1, 0.15) is 11.5 Å². The van der Waals surface area contributed by atoms with Crippen LogP contribution in [0.4, 0.5) is 0 Å². The summed E-state index contributed by atoms with van der Waals surface area (Å²) in [6.07, 6.45) is 18.6. The average molecular weight is 643 g/mol. The zero-order valence-corrected chi connectivity index (χ0v) is 26.1. The molecule has 6 atom stereocenters. The molecule has 39 heavy (non-hydrogen) atoms. The molecule has 2 N–H and O–H groups in total. The molecule has 0 amide bonds. The van der Waals surface area contributed by atoms with Crippen molar-refractivity contribution in [2.24, 2.45) is 23.2 Å². The maximum absolute atomic E-state index is 10.9. The first-order chi connectivity index (χ1) is 19.0. The SMILES string of the molecule is C[C@]12CC[C@@H]3c4ccc(O)cc4C[C@@H](CCCCCCCCCCCOc4ccc([125I])cc4)[C@H]3[C@@H]1CC[C@@H]2O. The number of fused-ring (bicyclic) bond motifs is 5. The highest BCUT2D eigenvalue weighted by atomic mass is 125. The highest BCUT2D eigenvalue weighted by Crippen LogP contribution is 2.62. The predicted octanol–water partition coefficient (Wildman–Crippen LogP) is 9.42. The van der Waals surface area contributed by atoms with Gasteiger partial charge in [-0.25, -0.2) is 0 Å². The minimum atomic E-state index is -0.120. The van der Waals surface area contributed by atoms with E-state index in [1.807, 2.05) is 12.1 Å². The Morgan fingerprint density at radius 3 is 2.31 bits per heavy atom. The van der Waals surface area contributed by atoms with E-state index in [1.54, 1.807) is 0 Å². The Labute approximate surface area is 250 Å². The van der Waals surface area contributed by atoms with E-state index in [1.165, 1.54) is 85.3 Å². The lowest BCUT2D eigenvalue weighted by molar-refractivity contribution is -0.0396. The molecule has 214 valence electrons. The minimum Gasteiger partial charge on any atom is -0.508 e. The van der Waals surface area contributed by atoms with Crippen LogP contribution in [-0.4, -0.2) is 22.9 Å². The number of benzene rings is 2. The van der Waals surface area contributed by atoms with Crippen molar-refractivity contribution >= 4 is 22.6 Å². The lowest BCUT2D eigenvalue weighted by Crippen LogP contribution is -2.47. The number of halogens is 1. The highest BCUT2D eigenvalue weighted by Gasteiger charge is 2.56. The van der Waals surface area contributed by atoms with Crippen molar-refractivity contribution < 1.29 is 14.9 Å². The summed E-state index contributed by atoms with van der Waals surface area (Å²) < 4.78 is 7.09. The number of phenolic OH excluding ortho intramolecular Hbond substituents is 1. The van der Waals surface area contributed by atoms with Gasteiger partial charge in [0.15, 0.2) is 0 Å². The van der Waals surface area contributed by atoms with Gasteiger partial charge < -0.3 is 14.9 Å². The van der Waals surface area contributed by atoms with Crippen LogP contribution in [0, 0.1) is 26.7 Å².